The van der Waals surface area contributed by atoms with Gasteiger partial charge in [-0.25, -0.2) is 4.98 Å². The SMILES string of the molecule is Cc1nc(CN2CCCC(c3[nH]ncc3-c3ccccc3)C2)co1. The van der Waals surface area contributed by atoms with E-state index in [4.69, 9.17) is 4.42 Å². The number of nitrogens with one attached hydrogen (secondary N) is 1. The number of likely N-dealkylation sites (tertiary alicyclic amines) is 1. The average molecular weight is 322 g/mol. The Kier molecular flexibility index (Phi) is 4.17. The summed E-state index contributed by atoms with van der Waals surface area (Å²) >= 11 is 0. The first-order chi connectivity index (χ1) is 11.8. The van der Waals surface area contributed by atoms with Crippen molar-refractivity contribution in [2.24, 2.45) is 0 Å². The summed E-state index contributed by atoms with van der Waals surface area (Å²) in [6.07, 6.45) is 6.10. The third-order valence-electron chi connectivity index (χ3n) is 4.72. The summed E-state index contributed by atoms with van der Waals surface area (Å²) in [7, 11) is 0. The quantitative estimate of drug-likeness (QED) is 0.795. The van der Waals surface area contributed by atoms with Crippen molar-refractivity contribution in [3.05, 3.63) is 60.1 Å². The number of rotatable bonds is 4. The predicted molar refractivity (Wildman–Crippen MR) is 92.5 cm³/mol. The Balaban J connectivity index is 1.52. The van der Waals surface area contributed by atoms with Gasteiger partial charge in [-0.1, -0.05) is 30.3 Å². The molecule has 1 fully saturated rings. The first-order valence-corrected chi connectivity index (χ1v) is 8.51. The fraction of sp³-hybridized carbons (Fsp3) is 0.368. The number of hydrogen-bond acceptors (Lipinski definition) is 4. The molecule has 4 rings (SSSR count). The van der Waals surface area contributed by atoms with Crippen molar-refractivity contribution in [1.29, 1.82) is 0 Å². The lowest BCUT2D eigenvalue weighted by Crippen LogP contribution is -2.34. The van der Waals surface area contributed by atoms with Crippen LogP contribution in [0.2, 0.25) is 0 Å². The second-order valence-corrected chi connectivity index (χ2v) is 6.50. The molecular weight excluding hydrogens is 300 g/mol. The molecule has 0 bridgehead atoms. The van der Waals surface area contributed by atoms with Gasteiger partial charge >= 0.3 is 0 Å². The van der Waals surface area contributed by atoms with Crippen molar-refractivity contribution >= 4 is 0 Å². The summed E-state index contributed by atoms with van der Waals surface area (Å²) in [4.78, 5) is 6.89. The monoisotopic (exact) mass is 322 g/mol. The van der Waals surface area contributed by atoms with E-state index in [1.165, 1.54) is 29.7 Å². The normalized spacial score (nSPS) is 18.8. The van der Waals surface area contributed by atoms with Gasteiger partial charge in [0.1, 0.15) is 6.26 Å². The summed E-state index contributed by atoms with van der Waals surface area (Å²) in [5.41, 5.74) is 4.72. The molecule has 5 heteroatoms. The standard InChI is InChI=1S/C19H22N4O/c1-14-21-17(13-24-14)12-23-9-5-8-16(11-23)19-18(10-20-22-19)15-6-3-2-4-7-15/h2-4,6-7,10,13,16H,5,8-9,11-12H2,1H3,(H,20,22). The second kappa shape index (κ2) is 6.61. The van der Waals surface area contributed by atoms with Crippen LogP contribution in [0.5, 0.6) is 0 Å². The Labute approximate surface area is 141 Å². The molecular formula is C19H22N4O. The van der Waals surface area contributed by atoms with Gasteiger partial charge in [0.05, 0.1) is 11.9 Å². The summed E-state index contributed by atoms with van der Waals surface area (Å²) in [6, 6.07) is 10.5. The fourth-order valence-electron chi connectivity index (χ4n) is 3.60. The van der Waals surface area contributed by atoms with Gasteiger partial charge in [-0.2, -0.15) is 5.10 Å². The zero-order chi connectivity index (χ0) is 16.4. The molecule has 24 heavy (non-hydrogen) atoms. The van der Waals surface area contributed by atoms with Crippen molar-refractivity contribution in [3.63, 3.8) is 0 Å². The minimum atomic E-state index is 0.476. The molecule has 2 aromatic heterocycles. The highest BCUT2D eigenvalue weighted by Crippen LogP contribution is 2.33. The number of aryl methyl sites for hydroxylation is 1. The summed E-state index contributed by atoms with van der Waals surface area (Å²) in [5.74, 6) is 1.21. The number of nitrogens with zero attached hydrogens (tertiary/aromatic N) is 3. The molecule has 1 atom stereocenters. The summed E-state index contributed by atoms with van der Waals surface area (Å²) < 4.78 is 5.33. The molecule has 5 nitrogen and oxygen atoms in total. The fourth-order valence-corrected chi connectivity index (χ4v) is 3.60. The molecule has 1 N–H and O–H groups in total. The van der Waals surface area contributed by atoms with Gasteiger partial charge in [0.2, 0.25) is 0 Å². The highest BCUT2D eigenvalue weighted by Gasteiger charge is 2.25. The Morgan fingerprint density at radius 3 is 2.96 bits per heavy atom. The lowest BCUT2D eigenvalue weighted by atomic mass is 9.90. The Morgan fingerprint density at radius 2 is 2.17 bits per heavy atom. The maximum Gasteiger partial charge on any atom is 0.191 e. The Morgan fingerprint density at radius 1 is 1.29 bits per heavy atom. The van der Waals surface area contributed by atoms with Gasteiger partial charge < -0.3 is 4.42 Å². The molecule has 1 saturated heterocycles. The molecule has 0 aliphatic carbocycles. The van der Waals surface area contributed by atoms with Crippen molar-refractivity contribution < 1.29 is 4.42 Å². The first-order valence-electron chi connectivity index (χ1n) is 8.51. The number of piperidine rings is 1. The Hall–Kier alpha value is -2.40. The number of hydrogen-bond donors (Lipinski definition) is 1. The van der Waals surface area contributed by atoms with Crippen LogP contribution in [0.25, 0.3) is 11.1 Å². The minimum absolute atomic E-state index is 0.476. The summed E-state index contributed by atoms with van der Waals surface area (Å²) in [6.45, 7) is 4.87. The molecule has 3 aromatic rings. The molecule has 1 aliphatic heterocycles. The molecule has 0 amide bonds. The molecule has 1 aliphatic rings. The van der Waals surface area contributed by atoms with Gasteiger partial charge in [-0.3, -0.25) is 10.00 Å². The van der Waals surface area contributed by atoms with Gasteiger partial charge in [-0.05, 0) is 24.9 Å². The third-order valence-corrected chi connectivity index (χ3v) is 4.72. The van der Waals surface area contributed by atoms with Crippen LogP contribution in [0.4, 0.5) is 0 Å². The van der Waals surface area contributed by atoms with E-state index in [9.17, 15) is 0 Å². The van der Waals surface area contributed by atoms with Crippen LogP contribution in [0.15, 0.2) is 47.2 Å². The first kappa shape index (κ1) is 15.1. The largest absolute Gasteiger partial charge is 0.449 e. The van der Waals surface area contributed by atoms with Crippen LogP contribution in [-0.2, 0) is 6.54 Å². The van der Waals surface area contributed by atoms with Gasteiger partial charge in [0.15, 0.2) is 5.89 Å². The zero-order valence-corrected chi connectivity index (χ0v) is 13.9. The molecule has 124 valence electrons. The van der Waals surface area contributed by atoms with Crippen LogP contribution in [-0.4, -0.2) is 33.2 Å². The number of H-pyrrole nitrogens is 1. The highest BCUT2D eigenvalue weighted by atomic mass is 16.3. The van der Waals surface area contributed by atoms with Gasteiger partial charge in [0, 0.05) is 37.2 Å². The number of aromatic nitrogens is 3. The van der Waals surface area contributed by atoms with Crippen molar-refractivity contribution in [1.82, 2.24) is 20.1 Å². The van der Waals surface area contributed by atoms with E-state index >= 15 is 0 Å². The maximum absolute atomic E-state index is 5.33. The van der Waals surface area contributed by atoms with E-state index in [0.717, 1.165) is 31.2 Å². The van der Waals surface area contributed by atoms with E-state index in [2.05, 4.69) is 44.3 Å². The van der Waals surface area contributed by atoms with Crippen LogP contribution >= 0.6 is 0 Å². The van der Waals surface area contributed by atoms with Crippen molar-refractivity contribution in [2.45, 2.75) is 32.2 Å². The average Bonchev–Trinajstić information content (AvgIpc) is 3.25. The summed E-state index contributed by atoms with van der Waals surface area (Å²) in [5, 5.41) is 7.57. The van der Waals surface area contributed by atoms with Crippen LogP contribution in [0.1, 0.15) is 36.0 Å². The number of benzene rings is 1. The van der Waals surface area contributed by atoms with E-state index in [0.29, 0.717) is 5.92 Å². The number of oxazole rings is 1. The molecule has 1 aromatic carbocycles. The lowest BCUT2D eigenvalue weighted by Gasteiger charge is -2.32. The zero-order valence-electron chi connectivity index (χ0n) is 13.9. The van der Waals surface area contributed by atoms with Crippen LogP contribution in [0.3, 0.4) is 0 Å². The number of aromatic amines is 1. The van der Waals surface area contributed by atoms with Crippen molar-refractivity contribution in [3.8, 4) is 11.1 Å². The molecule has 0 spiro atoms. The van der Waals surface area contributed by atoms with E-state index in [-0.39, 0.29) is 0 Å². The van der Waals surface area contributed by atoms with E-state index in [1.54, 1.807) is 6.26 Å². The molecule has 3 heterocycles. The maximum atomic E-state index is 5.33. The molecule has 0 radical (unpaired) electrons. The van der Waals surface area contributed by atoms with Crippen molar-refractivity contribution in [2.75, 3.05) is 13.1 Å². The Bertz CT molecular complexity index is 793. The van der Waals surface area contributed by atoms with Crippen LogP contribution in [0, 0.1) is 6.92 Å². The van der Waals surface area contributed by atoms with Gasteiger partial charge in [0.25, 0.3) is 0 Å². The molecule has 0 saturated carbocycles. The topological polar surface area (TPSA) is 58.0 Å². The van der Waals surface area contributed by atoms with E-state index < -0.39 is 0 Å². The van der Waals surface area contributed by atoms with Crippen LogP contribution < -0.4 is 0 Å². The predicted octanol–water partition coefficient (Wildman–Crippen LogP) is 3.75. The minimum Gasteiger partial charge on any atom is -0.449 e. The van der Waals surface area contributed by atoms with Gasteiger partial charge in [-0.15, -0.1) is 0 Å². The lowest BCUT2D eigenvalue weighted by molar-refractivity contribution is 0.196. The second-order valence-electron chi connectivity index (χ2n) is 6.50. The molecule has 1 unspecified atom stereocenters. The highest BCUT2D eigenvalue weighted by molar-refractivity contribution is 5.65. The third kappa shape index (κ3) is 3.12. The smallest absolute Gasteiger partial charge is 0.191 e. The van der Waals surface area contributed by atoms with E-state index in [1.807, 2.05) is 19.2 Å².